The second kappa shape index (κ2) is 4.86. The highest BCUT2D eigenvalue weighted by Crippen LogP contribution is 2.17. The summed E-state index contributed by atoms with van der Waals surface area (Å²) in [6.45, 7) is 1.75. The van der Waals surface area contributed by atoms with Crippen molar-refractivity contribution in [3.05, 3.63) is 29.6 Å². The number of aromatic nitrogens is 1. The zero-order chi connectivity index (χ0) is 11.4. The molecule has 2 unspecified atom stereocenters. The highest BCUT2D eigenvalue weighted by atomic mass is 16.5. The van der Waals surface area contributed by atoms with Crippen LogP contribution in [0.5, 0.6) is 0 Å². The second-order valence-corrected chi connectivity index (χ2v) is 3.14. The van der Waals surface area contributed by atoms with Crippen LogP contribution in [0, 0.1) is 6.92 Å². The van der Waals surface area contributed by atoms with Crippen LogP contribution in [0.2, 0.25) is 0 Å². The van der Waals surface area contributed by atoms with Crippen LogP contribution in [-0.2, 0) is 9.53 Å². The number of rotatable bonds is 3. The number of pyridine rings is 1. The molecule has 0 aliphatic carbocycles. The Kier molecular flexibility index (Phi) is 3.76. The molecule has 5 heteroatoms. The summed E-state index contributed by atoms with van der Waals surface area (Å²) in [6.07, 6.45) is -1.37. The summed E-state index contributed by atoms with van der Waals surface area (Å²) >= 11 is 0. The van der Waals surface area contributed by atoms with E-state index in [9.17, 15) is 15.0 Å². The van der Waals surface area contributed by atoms with Gasteiger partial charge >= 0.3 is 5.97 Å². The Morgan fingerprint density at radius 3 is 2.73 bits per heavy atom. The van der Waals surface area contributed by atoms with Gasteiger partial charge in [-0.25, -0.2) is 4.79 Å². The fourth-order valence-corrected chi connectivity index (χ4v) is 1.18. The standard InChI is InChI=1S/C10H13NO4/c1-6-5-7(3-4-11-6)8(12)9(13)10(14)15-2/h3-5,8-9,12-13H,1-2H3. The van der Waals surface area contributed by atoms with Gasteiger partial charge in [0.2, 0.25) is 0 Å². The number of methoxy groups -OCH3 is 1. The molecule has 0 spiro atoms. The molecule has 2 atom stereocenters. The van der Waals surface area contributed by atoms with Gasteiger partial charge in [0.15, 0.2) is 6.10 Å². The lowest BCUT2D eigenvalue weighted by Crippen LogP contribution is -2.29. The van der Waals surface area contributed by atoms with Crippen LogP contribution < -0.4 is 0 Å². The molecule has 1 aromatic heterocycles. The third-order valence-corrected chi connectivity index (χ3v) is 2.00. The fraction of sp³-hybridized carbons (Fsp3) is 0.400. The van der Waals surface area contributed by atoms with Crippen molar-refractivity contribution >= 4 is 5.97 Å². The average Bonchev–Trinajstić information content (AvgIpc) is 2.26. The molecule has 5 nitrogen and oxygen atoms in total. The molecule has 0 saturated carbocycles. The van der Waals surface area contributed by atoms with Gasteiger partial charge in [0.05, 0.1) is 7.11 Å². The van der Waals surface area contributed by atoms with Crippen molar-refractivity contribution in [2.75, 3.05) is 7.11 Å². The second-order valence-electron chi connectivity index (χ2n) is 3.14. The number of aryl methyl sites for hydroxylation is 1. The molecule has 0 aliphatic heterocycles. The van der Waals surface area contributed by atoms with Crippen molar-refractivity contribution in [2.45, 2.75) is 19.1 Å². The quantitative estimate of drug-likeness (QED) is 0.685. The van der Waals surface area contributed by atoms with E-state index in [1.54, 1.807) is 13.0 Å². The Bertz CT molecular complexity index is 353. The van der Waals surface area contributed by atoms with Gasteiger partial charge in [0, 0.05) is 11.9 Å². The van der Waals surface area contributed by atoms with E-state index >= 15 is 0 Å². The zero-order valence-electron chi connectivity index (χ0n) is 8.54. The maximum absolute atomic E-state index is 11.0. The van der Waals surface area contributed by atoms with Gasteiger partial charge in [-0.05, 0) is 24.6 Å². The smallest absolute Gasteiger partial charge is 0.337 e. The molecule has 0 radical (unpaired) electrons. The van der Waals surface area contributed by atoms with Crippen LogP contribution in [0.4, 0.5) is 0 Å². The summed E-state index contributed by atoms with van der Waals surface area (Å²) in [4.78, 5) is 14.9. The molecule has 2 N–H and O–H groups in total. The first-order chi connectivity index (χ1) is 7.06. The molecule has 1 heterocycles. The molecule has 82 valence electrons. The number of carbonyl (C=O) groups is 1. The van der Waals surface area contributed by atoms with Gasteiger partial charge in [0.25, 0.3) is 0 Å². The minimum absolute atomic E-state index is 0.431. The van der Waals surface area contributed by atoms with E-state index in [1.165, 1.54) is 12.3 Å². The minimum Gasteiger partial charge on any atom is -0.467 e. The molecule has 0 aromatic carbocycles. The van der Waals surface area contributed by atoms with Crippen LogP contribution in [-0.4, -0.2) is 34.4 Å². The third-order valence-electron chi connectivity index (χ3n) is 2.00. The van der Waals surface area contributed by atoms with E-state index in [0.717, 1.165) is 7.11 Å². The van der Waals surface area contributed by atoms with Gasteiger partial charge < -0.3 is 14.9 Å². The predicted octanol–water partition coefficient (Wildman–Crippen LogP) is -0.0427. The van der Waals surface area contributed by atoms with Crippen molar-refractivity contribution < 1.29 is 19.7 Å². The summed E-state index contributed by atoms with van der Waals surface area (Å²) < 4.78 is 4.32. The molecule has 1 rings (SSSR count). The van der Waals surface area contributed by atoms with Gasteiger partial charge in [-0.2, -0.15) is 0 Å². The van der Waals surface area contributed by atoms with E-state index in [1.807, 2.05) is 0 Å². The van der Waals surface area contributed by atoms with E-state index < -0.39 is 18.2 Å². The Labute approximate surface area is 87.3 Å². The van der Waals surface area contributed by atoms with E-state index in [0.29, 0.717) is 11.3 Å². The van der Waals surface area contributed by atoms with E-state index in [2.05, 4.69) is 9.72 Å². The number of ether oxygens (including phenoxy) is 1. The first-order valence-electron chi connectivity index (χ1n) is 4.42. The highest BCUT2D eigenvalue weighted by molar-refractivity contribution is 5.75. The number of nitrogens with zero attached hydrogens (tertiary/aromatic N) is 1. The molecule has 0 amide bonds. The topological polar surface area (TPSA) is 79.7 Å². The van der Waals surface area contributed by atoms with Crippen molar-refractivity contribution in [2.24, 2.45) is 0 Å². The number of carbonyl (C=O) groups excluding carboxylic acids is 1. The van der Waals surface area contributed by atoms with E-state index in [4.69, 9.17) is 0 Å². The normalized spacial score (nSPS) is 14.4. The summed E-state index contributed by atoms with van der Waals surface area (Å²) in [5, 5.41) is 19.0. The van der Waals surface area contributed by atoms with Gasteiger partial charge in [0.1, 0.15) is 6.10 Å². The summed E-state index contributed by atoms with van der Waals surface area (Å²) in [5.74, 6) is -0.864. The molecular weight excluding hydrogens is 198 g/mol. The van der Waals surface area contributed by atoms with Crippen molar-refractivity contribution in [1.29, 1.82) is 0 Å². The maximum atomic E-state index is 11.0. The number of esters is 1. The van der Waals surface area contributed by atoms with Crippen LogP contribution in [0.15, 0.2) is 18.3 Å². The van der Waals surface area contributed by atoms with Gasteiger partial charge in [-0.1, -0.05) is 0 Å². The summed E-state index contributed by atoms with van der Waals surface area (Å²) in [7, 11) is 1.15. The summed E-state index contributed by atoms with van der Waals surface area (Å²) in [6, 6.07) is 3.13. The fourth-order valence-electron chi connectivity index (χ4n) is 1.18. The first kappa shape index (κ1) is 11.6. The molecule has 0 aliphatic rings. The molecule has 0 bridgehead atoms. The SMILES string of the molecule is COC(=O)C(O)C(O)c1ccnc(C)c1. The van der Waals surface area contributed by atoms with Gasteiger partial charge in [-0.3, -0.25) is 4.98 Å². The number of aliphatic hydroxyl groups excluding tert-OH is 2. The Morgan fingerprint density at radius 1 is 1.53 bits per heavy atom. The Hall–Kier alpha value is -1.46. The predicted molar refractivity (Wildman–Crippen MR) is 52.0 cm³/mol. The van der Waals surface area contributed by atoms with Gasteiger partial charge in [-0.15, -0.1) is 0 Å². The number of hydrogen-bond acceptors (Lipinski definition) is 5. The van der Waals surface area contributed by atoms with E-state index in [-0.39, 0.29) is 0 Å². The largest absolute Gasteiger partial charge is 0.467 e. The third kappa shape index (κ3) is 2.74. The van der Waals surface area contributed by atoms with Crippen molar-refractivity contribution in [3.8, 4) is 0 Å². The highest BCUT2D eigenvalue weighted by Gasteiger charge is 2.26. The van der Waals surface area contributed by atoms with Crippen LogP contribution in [0.25, 0.3) is 0 Å². The molecule has 1 aromatic rings. The Balaban J connectivity index is 2.84. The van der Waals surface area contributed by atoms with Crippen LogP contribution in [0.1, 0.15) is 17.4 Å². The number of hydrogen-bond donors (Lipinski definition) is 2. The zero-order valence-corrected chi connectivity index (χ0v) is 8.54. The minimum atomic E-state index is -1.57. The molecule has 15 heavy (non-hydrogen) atoms. The molecule has 0 saturated heterocycles. The maximum Gasteiger partial charge on any atom is 0.337 e. The molecule has 0 fully saturated rings. The van der Waals surface area contributed by atoms with Crippen LogP contribution in [0.3, 0.4) is 0 Å². The van der Waals surface area contributed by atoms with Crippen LogP contribution >= 0.6 is 0 Å². The average molecular weight is 211 g/mol. The lowest BCUT2D eigenvalue weighted by Gasteiger charge is -2.15. The summed E-state index contributed by atoms with van der Waals surface area (Å²) in [5.41, 5.74) is 1.13. The number of aliphatic hydroxyl groups is 2. The lowest BCUT2D eigenvalue weighted by molar-refractivity contribution is -0.156. The molecular formula is C10H13NO4. The van der Waals surface area contributed by atoms with Crippen molar-refractivity contribution in [1.82, 2.24) is 4.98 Å². The lowest BCUT2D eigenvalue weighted by atomic mass is 10.1. The van der Waals surface area contributed by atoms with Crippen molar-refractivity contribution in [3.63, 3.8) is 0 Å². The Morgan fingerprint density at radius 2 is 2.20 bits per heavy atom. The first-order valence-corrected chi connectivity index (χ1v) is 4.42. The monoisotopic (exact) mass is 211 g/mol.